The Morgan fingerprint density at radius 2 is 1.56 bits per heavy atom. The molecule has 0 fully saturated rings. The molecule has 0 aliphatic heterocycles. The van der Waals surface area contributed by atoms with E-state index in [0.29, 0.717) is 11.3 Å². The van der Waals surface area contributed by atoms with Crippen molar-refractivity contribution in [1.29, 1.82) is 0 Å². The zero-order valence-electron chi connectivity index (χ0n) is 9.37. The first-order valence-electron chi connectivity index (χ1n) is 4.82. The van der Waals surface area contributed by atoms with Crippen molar-refractivity contribution in [3.63, 3.8) is 0 Å². The molecule has 0 unspecified atom stereocenters. The maximum atomic E-state index is 11.8. The first kappa shape index (κ1) is 16.2. The highest BCUT2D eigenvalue weighted by Crippen LogP contribution is 2.09. The SMILES string of the molecule is Cl.Cl.Nc1ccc(C(=O)Nc2ccncc2)cc1. The third kappa shape index (κ3) is 4.24. The van der Waals surface area contributed by atoms with Gasteiger partial charge in [-0.2, -0.15) is 0 Å². The fourth-order valence-electron chi connectivity index (χ4n) is 1.27. The smallest absolute Gasteiger partial charge is 0.255 e. The van der Waals surface area contributed by atoms with E-state index in [-0.39, 0.29) is 30.7 Å². The van der Waals surface area contributed by atoms with E-state index in [0.717, 1.165) is 5.69 Å². The van der Waals surface area contributed by atoms with Crippen LogP contribution < -0.4 is 11.1 Å². The summed E-state index contributed by atoms with van der Waals surface area (Å²) in [5.74, 6) is -0.161. The van der Waals surface area contributed by atoms with Gasteiger partial charge in [-0.15, -0.1) is 24.8 Å². The van der Waals surface area contributed by atoms with Crippen molar-refractivity contribution in [2.45, 2.75) is 0 Å². The van der Waals surface area contributed by atoms with E-state index in [1.165, 1.54) is 0 Å². The van der Waals surface area contributed by atoms with Gasteiger partial charge in [-0.1, -0.05) is 0 Å². The van der Waals surface area contributed by atoms with Crippen LogP contribution in [-0.2, 0) is 0 Å². The van der Waals surface area contributed by atoms with Gasteiger partial charge in [0.05, 0.1) is 0 Å². The van der Waals surface area contributed by atoms with Crippen LogP contribution in [0, 0.1) is 0 Å². The lowest BCUT2D eigenvalue weighted by Gasteiger charge is -2.04. The van der Waals surface area contributed by atoms with E-state index in [1.807, 2.05) is 0 Å². The summed E-state index contributed by atoms with van der Waals surface area (Å²) >= 11 is 0. The predicted octanol–water partition coefficient (Wildman–Crippen LogP) is 2.76. The van der Waals surface area contributed by atoms with Crippen LogP contribution in [0.15, 0.2) is 48.8 Å². The summed E-state index contributed by atoms with van der Waals surface area (Å²) in [6.07, 6.45) is 3.25. The van der Waals surface area contributed by atoms with Crippen LogP contribution in [0.1, 0.15) is 10.4 Å². The number of nitrogens with zero attached hydrogens (tertiary/aromatic N) is 1. The molecule has 6 heteroatoms. The lowest BCUT2D eigenvalue weighted by molar-refractivity contribution is 0.102. The van der Waals surface area contributed by atoms with Gasteiger partial charge < -0.3 is 11.1 Å². The average molecular weight is 286 g/mol. The predicted molar refractivity (Wildman–Crippen MR) is 77.5 cm³/mol. The average Bonchev–Trinajstić information content (AvgIpc) is 2.31. The molecular weight excluding hydrogens is 273 g/mol. The molecule has 0 saturated heterocycles. The molecule has 1 aromatic carbocycles. The van der Waals surface area contributed by atoms with Crippen molar-refractivity contribution in [2.24, 2.45) is 0 Å². The van der Waals surface area contributed by atoms with Crippen LogP contribution in [0.4, 0.5) is 11.4 Å². The van der Waals surface area contributed by atoms with Crippen molar-refractivity contribution in [3.05, 3.63) is 54.4 Å². The molecule has 4 nitrogen and oxygen atoms in total. The van der Waals surface area contributed by atoms with Crippen LogP contribution in [0.25, 0.3) is 0 Å². The Kier molecular flexibility index (Phi) is 6.78. The fourth-order valence-corrected chi connectivity index (χ4v) is 1.27. The molecule has 1 aromatic heterocycles. The van der Waals surface area contributed by atoms with Gasteiger partial charge in [0.15, 0.2) is 0 Å². The normalized spacial score (nSPS) is 8.67. The molecule has 0 spiro atoms. The summed E-state index contributed by atoms with van der Waals surface area (Å²) in [5.41, 5.74) is 7.47. The van der Waals surface area contributed by atoms with E-state index < -0.39 is 0 Å². The number of aromatic nitrogens is 1. The second kappa shape index (κ2) is 7.53. The number of nitrogens with two attached hydrogens (primary N) is 1. The Bertz CT molecular complexity index is 488. The molecule has 2 aromatic rings. The molecule has 0 atom stereocenters. The first-order chi connectivity index (χ1) is 7.75. The number of rotatable bonds is 2. The van der Waals surface area contributed by atoms with Gasteiger partial charge in [-0.05, 0) is 36.4 Å². The topological polar surface area (TPSA) is 68.0 Å². The lowest BCUT2D eigenvalue weighted by atomic mass is 10.2. The molecule has 1 heterocycles. The molecule has 0 aliphatic carbocycles. The molecule has 3 N–H and O–H groups in total. The van der Waals surface area contributed by atoms with E-state index >= 15 is 0 Å². The maximum absolute atomic E-state index is 11.8. The van der Waals surface area contributed by atoms with Crippen LogP contribution in [0.3, 0.4) is 0 Å². The number of nitrogen functional groups attached to an aromatic ring is 1. The Morgan fingerprint density at radius 3 is 2.11 bits per heavy atom. The van der Waals surface area contributed by atoms with Crippen molar-refractivity contribution < 1.29 is 4.79 Å². The standard InChI is InChI=1S/C12H11N3O.2ClH/c13-10-3-1-9(2-4-10)12(16)15-11-5-7-14-8-6-11;;/h1-8H,13H2,(H,14,15,16);2*1H. The van der Waals surface area contributed by atoms with Crippen LogP contribution in [0.2, 0.25) is 0 Å². The van der Waals surface area contributed by atoms with E-state index in [2.05, 4.69) is 10.3 Å². The summed E-state index contributed by atoms with van der Waals surface area (Å²) in [6.45, 7) is 0. The summed E-state index contributed by atoms with van der Waals surface area (Å²) in [7, 11) is 0. The number of pyridine rings is 1. The van der Waals surface area contributed by atoms with Crippen LogP contribution in [-0.4, -0.2) is 10.9 Å². The number of amides is 1. The molecular formula is C12H13Cl2N3O. The molecule has 0 aliphatic rings. The number of hydrogen-bond donors (Lipinski definition) is 2. The molecule has 0 radical (unpaired) electrons. The molecule has 96 valence electrons. The van der Waals surface area contributed by atoms with E-state index in [1.54, 1.807) is 48.8 Å². The highest BCUT2D eigenvalue weighted by atomic mass is 35.5. The maximum Gasteiger partial charge on any atom is 0.255 e. The zero-order chi connectivity index (χ0) is 11.4. The number of halogens is 2. The number of nitrogens with one attached hydrogen (secondary N) is 1. The number of carbonyl (C=O) groups is 1. The summed E-state index contributed by atoms with van der Waals surface area (Å²) in [5, 5.41) is 2.76. The van der Waals surface area contributed by atoms with Gasteiger partial charge in [0.2, 0.25) is 0 Å². The van der Waals surface area contributed by atoms with E-state index in [9.17, 15) is 4.79 Å². The van der Waals surface area contributed by atoms with Gasteiger partial charge in [0.25, 0.3) is 5.91 Å². The summed E-state index contributed by atoms with van der Waals surface area (Å²) in [4.78, 5) is 15.6. The minimum Gasteiger partial charge on any atom is -0.399 e. The highest BCUT2D eigenvalue weighted by Gasteiger charge is 2.04. The van der Waals surface area contributed by atoms with Crippen molar-refractivity contribution >= 4 is 42.1 Å². The first-order valence-corrected chi connectivity index (χ1v) is 4.82. The second-order valence-corrected chi connectivity index (χ2v) is 3.31. The van der Waals surface area contributed by atoms with Crippen molar-refractivity contribution in [3.8, 4) is 0 Å². The third-order valence-corrected chi connectivity index (χ3v) is 2.11. The third-order valence-electron chi connectivity index (χ3n) is 2.11. The molecule has 2 rings (SSSR count). The lowest BCUT2D eigenvalue weighted by Crippen LogP contribution is -2.11. The second-order valence-electron chi connectivity index (χ2n) is 3.31. The Balaban J connectivity index is 0.00000144. The zero-order valence-corrected chi connectivity index (χ0v) is 11.0. The fraction of sp³-hybridized carbons (Fsp3) is 0. The molecule has 0 saturated carbocycles. The Hall–Kier alpha value is -1.78. The number of carbonyl (C=O) groups excluding carboxylic acids is 1. The van der Waals surface area contributed by atoms with E-state index in [4.69, 9.17) is 5.73 Å². The van der Waals surface area contributed by atoms with Crippen molar-refractivity contribution in [2.75, 3.05) is 11.1 Å². The minimum atomic E-state index is -0.161. The highest BCUT2D eigenvalue weighted by molar-refractivity contribution is 6.04. The van der Waals surface area contributed by atoms with Gasteiger partial charge in [0.1, 0.15) is 0 Å². The Labute approximate surface area is 117 Å². The number of anilines is 2. The number of hydrogen-bond acceptors (Lipinski definition) is 3. The Morgan fingerprint density at radius 1 is 1.00 bits per heavy atom. The van der Waals surface area contributed by atoms with Crippen LogP contribution in [0.5, 0.6) is 0 Å². The van der Waals surface area contributed by atoms with Gasteiger partial charge in [-0.3, -0.25) is 9.78 Å². The van der Waals surface area contributed by atoms with Gasteiger partial charge in [-0.25, -0.2) is 0 Å². The molecule has 1 amide bonds. The van der Waals surface area contributed by atoms with Crippen LogP contribution >= 0.6 is 24.8 Å². The summed E-state index contributed by atoms with van der Waals surface area (Å²) in [6, 6.07) is 10.2. The minimum absolute atomic E-state index is 0. The monoisotopic (exact) mass is 285 g/mol. The summed E-state index contributed by atoms with van der Waals surface area (Å²) < 4.78 is 0. The molecule has 18 heavy (non-hydrogen) atoms. The quantitative estimate of drug-likeness (QED) is 0.834. The number of benzene rings is 1. The van der Waals surface area contributed by atoms with Gasteiger partial charge in [0, 0.05) is 29.3 Å². The largest absolute Gasteiger partial charge is 0.399 e. The molecule has 0 bridgehead atoms. The van der Waals surface area contributed by atoms with Gasteiger partial charge >= 0.3 is 0 Å². The van der Waals surface area contributed by atoms with Crippen molar-refractivity contribution in [1.82, 2.24) is 4.98 Å².